The lowest BCUT2D eigenvalue weighted by atomic mass is 9.86. The second-order valence-corrected chi connectivity index (χ2v) is 4.47. The fourth-order valence-corrected chi connectivity index (χ4v) is 2.38. The molecule has 0 bridgehead atoms. The van der Waals surface area contributed by atoms with E-state index in [0.717, 1.165) is 0 Å². The van der Waals surface area contributed by atoms with Gasteiger partial charge in [0.25, 0.3) is 0 Å². The maximum atomic E-state index is 5.92. The molecular weight excluding hydrogens is 170 g/mol. The molecule has 0 heterocycles. The van der Waals surface area contributed by atoms with Gasteiger partial charge in [-0.15, -0.1) is 0 Å². The number of benzene rings is 1. The first-order valence-electron chi connectivity index (χ1n) is 5.56. The summed E-state index contributed by atoms with van der Waals surface area (Å²) in [4.78, 5) is 0. The lowest BCUT2D eigenvalue weighted by Gasteiger charge is -2.20. The van der Waals surface area contributed by atoms with Crippen molar-refractivity contribution in [2.24, 2.45) is 5.73 Å². The van der Waals surface area contributed by atoms with E-state index < -0.39 is 0 Å². The number of hydrogen-bond donors (Lipinski definition) is 1. The van der Waals surface area contributed by atoms with Gasteiger partial charge in [-0.1, -0.05) is 12.1 Å². The minimum Gasteiger partial charge on any atom is -0.324 e. The molecular formula is C13H19N. The third kappa shape index (κ3) is 1.69. The Hall–Kier alpha value is -0.820. The lowest BCUT2D eigenvalue weighted by molar-refractivity contribution is 0.677. The fraction of sp³-hybridized carbons (Fsp3) is 0.538. The van der Waals surface area contributed by atoms with Crippen LogP contribution in [-0.2, 0) is 12.8 Å². The van der Waals surface area contributed by atoms with Gasteiger partial charge in [-0.2, -0.15) is 0 Å². The third-order valence-electron chi connectivity index (χ3n) is 3.24. The van der Waals surface area contributed by atoms with E-state index in [2.05, 4.69) is 26.0 Å². The quantitative estimate of drug-likeness (QED) is 0.722. The van der Waals surface area contributed by atoms with Gasteiger partial charge in [0.1, 0.15) is 0 Å². The summed E-state index contributed by atoms with van der Waals surface area (Å²) in [5.41, 5.74) is 11.8. The molecule has 2 rings (SSSR count). The Morgan fingerprint density at radius 3 is 2.64 bits per heavy atom. The summed E-state index contributed by atoms with van der Waals surface area (Å²) < 4.78 is 0. The first-order valence-corrected chi connectivity index (χ1v) is 5.56. The van der Waals surface area contributed by atoms with Crippen molar-refractivity contribution >= 4 is 0 Å². The molecule has 1 aliphatic carbocycles. The molecule has 14 heavy (non-hydrogen) atoms. The van der Waals surface area contributed by atoms with Gasteiger partial charge in [-0.05, 0) is 61.8 Å². The Morgan fingerprint density at radius 1 is 1.21 bits per heavy atom. The van der Waals surface area contributed by atoms with Crippen molar-refractivity contribution in [3.63, 3.8) is 0 Å². The fourth-order valence-electron chi connectivity index (χ4n) is 2.38. The molecule has 1 aromatic rings. The van der Waals surface area contributed by atoms with Crippen molar-refractivity contribution < 1.29 is 0 Å². The summed E-state index contributed by atoms with van der Waals surface area (Å²) >= 11 is 0. The molecule has 2 N–H and O–H groups in total. The molecule has 0 saturated carbocycles. The van der Waals surface area contributed by atoms with E-state index >= 15 is 0 Å². The van der Waals surface area contributed by atoms with Gasteiger partial charge >= 0.3 is 0 Å². The largest absolute Gasteiger partial charge is 0.324 e. The second kappa shape index (κ2) is 3.74. The van der Waals surface area contributed by atoms with Crippen LogP contribution in [0.1, 0.15) is 48.1 Å². The highest BCUT2D eigenvalue weighted by Gasteiger charge is 2.13. The van der Waals surface area contributed by atoms with Crippen molar-refractivity contribution in [1.82, 2.24) is 0 Å². The zero-order valence-electron chi connectivity index (χ0n) is 9.14. The first-order chi connectivity index (χ1) is 6.68. The van der Waals surface area contributed by atoms with Crippen LogP contribution in [0.3, 0.4) is 0 Å². The molecule has 0 aromatic heterocycles. The summed E-state index contributed by atoms with van der Waals surface area (Å²) in [5.74, 6) is 0. The standard InChI is InChI=1S/C13H19N/c1-9-7-12(10(2)14)8-11-5-3-4-6-13(9)11/h7-8,10H,3-6,14H2,1-2H3/t10-/m0/s1. The Labute approximate surface area is 86.3 Å². The first kappa shape index (κ1) is 9.72. The Morgan fingerprint density at radius 2 is 1.93 bits per heavy atom. The van der Waals surface area contributed by atoms with Crippen LogP contribution in [0, 0.1) is 6.92 Å². The molecule has 1 nitrogen and oxygen atoms in total. The van der Waals surface area contributed by atoms with Crippen molar-refractivity contribution in [2.75, 3.05) is 0 Å². The maximum Gasteiger partial charge on any atom is 0.0266 e. The van der Waals surface area contributed by atoms with Crippen LogP contribution in [0.5, 0.6) is 0 Å². The van der Waals surface area contributed by atoms with Gasteiger partial charge in [-0.3, -0.25) is 0 Å². The van der Waals surface area contributed by atoms with E-state index in [0.29, 0.717) is 0 Å². The summed E-state index contributed by atoms with van der Waals surface area (Å²) in [6.07, 6.45) is 5.21. The summed E-state index contributed by atoms with van der Waals surface area (Å²) in [6.45, 7) is 4.28. The van der Waals surface area contributed by atoms with Crippen molar-refractivity contribution in [3.05, 3.63) is 34.4 Å². The molecule has 0 aliphatic heterocycles. The van der Waals surface area contributed by atoms with Crippen LogP contribution in [0.15, 0.2) is 12.1 Å². The molecule has 0 radical (unpaired) electrons. The molecule has 0 fully saturated rings. The molecule has 0 saturated heterocycles. The van der Waals surface area contributed by atoms with E-state index in [1.54, 1.807) is 11.1 Å². The maximum absolute atomic E-state index is 5.92. The third-order valence-corrected chi connectivity index (χ3v) is 3.24. The van der Waals surface area contributed by atoms with Gasteiger partial charge in [-0.25, -0.2) is 0 Å². The van der Waals surface area contributed by atoms with Gasteiger partial charge in [0, 0.05) is 6.04 Å². The van der Waals surface area contributed by atoms with Gasteiger partial charge in [0.15, 0.2) is 0 Å². The average molecular weight is 189 g/mol. The SMILES string of the molecule is Cc1cc([C@H](C)N)cc2c1CCCC2. The lowest BCUT2D eigenvalue weighted by Crippen LogP contribution is -2.10. The minimum absolute atomic E-state index is 0.168. The van der Waals surface area contributed by atoms with Crippen LogP contribution in [0.25, 0.3) is 0 Å². The monoisotopic (exact) mass is 189 g/mol. The van der Waals surface area contributed by atoms with E-state index in [1.165, 1.54) is 36.8 Å². The van der Waals surface area contributed by atoms with Gasteiger partial charge in [0.2, 0.25) is 0 Å². The van der Waals surface area contributed by atoms with Gasteiger partial charge in [0.05, 0.1) is 0 Å². The average Bonchev–Trinajstić information content (AvgIpc) is 2.17. The zero-order chi connectivity index (χ0) is 10.1. The predicted octanol–water partition coefficient (Wildman–Crippen LogP) is 2.89. The van der Waals surface area contributed by atoms with Crippen LogP contribution < -0.4 is 5.73 Å². The number of fused-ring (bicyclic) bond motifs is 1. The Balaban J connectivity index is 2.46. The van der Waals surface area contributed by atoms with Crippen molar-refractivity contribution in [1.29, 1.82) is 0 Å². The van der Waals surface area contributed by atoms with E-state index in [1.807, 2.05) is 0 Å². The van der Waals surface area contributed by atoms with E-state index in [4.69, 9.17) is 5.73 Å². The highest BCUT2D eigenvalue weighted by Crippen LogP contribution is 2.27. The molecule has 1 atom stereocenters. The van der Waals surface area contributed by atoms with Crippen LogP contribution >= 0.6 is 0 Å². The molecule has 76 valence electrons. The number of aryl methyl sites for hydroxylation is 2. The van der Waals surface area contributed by atoms with Crippen LogP contribution in [0.2, 0.25) is 0 Å². The van der Waals surface area contributed by atoms with E-state index in [-0.39, 0.29) is 6.04 Å². The van der Waals surface area contributed by atoms with Crippen molar-refractivity contribution in [3.8, 4) is 0 Å². The molecule has 1 aromatic carbocycles. The molecule has 1 aliphatic rings. The minimum atomic E-state index is 0.168. The normalized spacial score (nSPS) is 17.6. The molecule has 0 spiro atoms. The number of nitrogens with two attached hydrogens (primary N) is 1. The predicted molar refractivity (Wildman–Crippen MR) is 60.4 cm³/mol. The smallest absolute Gasteiger partial charge is 0.0266 e. The Kier molecular flexibility index (Phi) is 2.60. The summed E-state index contributed by atoms with van der Waals surface area (Å²) in [7, 11) is 0. The van der Waals surface area contributed by atoms with E-state index in [9.17, 15) is 0 Å². The Bertz CT molecular complexity index is 339. The summed E-state index contributed by atoms with van der Waals surface area (Å²) in [5, 5.41) is 0. The zero-order valence-corrected chi connectivity index (χ0v) is 9.14. The van der Waals surface area contributed by atoms with Crippen LogP contribution in [0.4, 0.5) is 0 Å². The molecule has 0 unspecified atom stereocenters. The van der Waals surface area contributed by atoms with Crippen molar-refractivity contribution in [2.45, 2.75) is 45.6 Å². The molecule has 1 heteroatoms. The topological polar surface area (TPSA) is 26.0 Å². The number of hydrogen-bond acceptors (Lipinski definition) is 1. The highest BCUT2D eigenvalue weighted by atomic mass is 14.6. The van der Waals surface area contributed by atoms with Crippen LogP contribution in [-0.4, -0.2) is 0 Å². The van der Waals surface area contributed by atoms with Gasteiger partial charge < -0.3 is 5.73 Å². The molecule has 0 amide bonds. The highest BCUT2D eigenvalue weighted by molar-refractivity contribution is 5.40. The second-order valence-electron chi connectivity index (χ2n) is 4.47. The summed E-state index contributed by atoms with van der Waals surface area (Å²) in [6, 6.07) is 4.74. The number of rotatable bonds is 1.